The summed E-state index contributed by atoms with van der Waals surface area (Å²) in [4.78, 5) is 0. The lowest BCUT2D eigenvalue weighted by molar-refractivity contribution is 0.474. The summed E-state index contributed by atoms with van der Waals surface area (Å²) >= 11 is 0. The number of nitrogens with two attached hydrogens (primary N) is 1. The Morgan fingerprint density at radius 2 is 2.06 bits per heavy atom. The third-order valence-electron chi connectivity index (χ3n) is 2.56. The monoisotopic (exact) mass is 242 g/mol. The van der Waals surface area contributed by atoms with Gasteiger partial charge in [-0.15, -0.1) is 0 Å². The average Bonchev–Trinajstić information content (AvgIpc) is 2.34. The van der Waals surface area contributed by atoms with Gasteiger partial charge < -0.3 is 10.5 Å². The number of halogens is 1. The number of benzene rings is 2. The molecule has 0 aliphatic rings. The molecule has 2 N–H and O–H groups in total. The van der Waals surface area contributed by atoms with E-state index in [2.05, 4.69) is 0 Å². The van der Waals surface area contributed by atoms with Crippen molar-refractivity contribution in [1.29, 1.82) is 5.26 Å². The second kappa shape index (κ2) is 4.76. The first-order valence-electron chi connectivity index (χ1n) is 5.34. The lowest BCUT2D eigenvalue weighted by atomic mass is 10.2. The van der Waals surface area contributed by atoms with Crippen molar-refractivity contribution in [3.05, 3.63) is 53.3 Å². The molecular weight excluding hydrogens is 231 g/mol. The normalized spacial score (nSPS) is 9.83. The van der Waals surface area contributed by atoms with Gasteiger partial charge in [-0.05, 0) is 42.8 Å². The van der Waals surface area contributed by atoms with Crippen molar-refractivity contribution in [2.24, 2.45) is 0 Å². The molecule has 90 valence electrons. The Morgan fingerprint density at radius 1 is 1.28 bits per heavy atom. The smallest absolute Gasteiger partial charge is 0.148 e. The van der Waals surface area contributed by atoms with Crippen LogP contribution in [0.1, 0.15) is 11.1 Å². The van der Waals surface area contributed by atoms with Gasteiger partial charge in [0, 0.05) is 5.69 Å². The summed E-state index contributed by atoms with van der Waals surface area (Å²) in [5.74, 6) is 0.118. The molecule has 4 heteroatoms. The van der Waals surface area contributed by atoms with E-state index in [4.69, 9.17) is 15.7 Å². The minimum absolute atomic E-state index is 0.105. The molecule has 0 aliphatic carbocycles. The van der Waals surface area contributed by atoms with E-state index < -0.39 is 5.82 Å². The summed E-state index contributed by atoms with van der Waals surface area (Å²) < 4.78 is 18.9. The van der Waals surface area contributed by atoms with Crippen LogP contribution in [-0.2, 0) is 0 Å². The largest absolute Gasteiger partial charge is 0.456 e. The Kier molecular flexibility index (Phi) is 3.16. The van der Waals surface area contributed by atoms with E-state index in [1.54, 1.807) is 30.3 Å². The van der Waals surface area contributed by atoms with E-state index in [0.717, 1.165) is 5.56 Å². The fraction of sp³-hybridized carbons (Fsp3) is 0.0714. The lowest BCUT2D eigenvalue weighted by Crippen LogP contribution is -1.93. The Morgan fingerprint density at radius 3 is 2.72 bits per heavy atom. The minimum Gasteiger partial charge on any atom is -0.456 e. The molecule has 3 nitrogen and oxygen atoms in total. The third kappa shape index (κ3) is 2.25. The highest BCUT2D eigenvalue weighted by Gasteiger charge is 2.10. The number of nitrogen functional groups attached to an aromatic ring is 1. The summed E-state index contributed by atoms with van der Waals surface area (Å²) in [6.07, 6.45) is 0. The summed E-state index contributed by atoms with van der Waals surface area (Å²) in [6, 6.07) is 11.2. The van der Waals surface area contributed by atoms with Crippen LogP contribution in [0.4, 0.5) is 10.1 Å². The second-order valence-corrected chi connectivity index (χ2v) is 3.85. The van der Waals surface area contributed by atoms with Crippen molar-refractivity contribution in [3.63, 3.8) is 0 Å². The Labute approximate surface area is 104 Å². The van der Waals surface area contributed by atoms with Gasteiger partial charge >= 0.3 is 0 Å². The average molecular weight is 242 g/mol. The highest BCUT2D eigenvalue weighted by molar-refractivity contribution is 5.52. The van der Waals surface area contributed by atoms with Gasteiger partial charge in [-0.2, -0.15) is 5.26 Å². The Bertz CT molecular complexity index is 632. The van der Waals surface area contributed by atoms with Gasteiger partial charge in [0.2, 0.25) is 0 Å². The van der Waals surface area contributed by atoms with E-state index >= 15 is 0 Å². The fourth-order valence-electron chi connectivity index (χ4n) is 1.54. The summed E-state index contributed by atoms with van der Waals surface area (Å²) in [7, 11) is 0. The molecule has 0 aromatic heterocycles. The van der Waals surface area contributed by atoms with Gasteiger partial charge in [-0.25, -0.2) is 4.39 Å². The van der Waals surface area contributed by atoms with E-state index in [-0.39, 0.29) is 11.3 Å². The van der Waals surface area contributed by atoms with Gasteiger partial charge in [0.15, 0.2) is 0 Å². The summed E-state index contributed by atoms with van der Waals surface area (Å²) in [5, 5.41) is 8.89. The van der Waals surface area contributed by atoms with Crippen molar-refractivity contribution in [3.8, 4) is 17.6 Å². The first-order chi connectivity index (χ1) is 8.61. The molecule has 0 bridgehead atoms. The number of aryl methyl sites for hydroxylation is 1. The van der Waals surface area contributed by atoms with Crippen LogP contribution in [0.25, 0.3) is 0 Å². The van der Waals surface area contributed by atoms with Crippen molar-refractivity contribution in [2.75, 3.05) is 5.73 Å². The number of rotatable bonds is 2. The zero-order valence-electron chi connectivity index (χ0n) is 9.77. The topological polar surface area (TPSA) is 59.0 Å². The van der Waals surface area contributed by atoms with Crippen LogP contribution in [0.5, 0.6) is 11.5 Å². The van der Waals surface area contributed by atoms with Crippen LogP contribution >= 0.6 is 0 Å². The molecule has 0 spiro atoms. The first kappa shape index (κ1) is 11.9. The maximum atomic E-state index is 13.4. The molecule has 18 heavy (non-hydrogen) atoms. The van der Waals surface area contributed by atoms with Gasteiger partial charge in [-0.1, -0.05) is 6.07 Å². The van der Waals surface area contributed by atoms with E-state index in [1.807, 2.05) is 6.92 Å². The van der Waals surface area contributed by atoms with E-state index in [0.29, 0.717) is 11.4 Å². The molecule has 0 aliphatic heterocycles. The van der Waals surface area contributed by atoms with Gasteiger partial charge in [-0.3, -0.25) is 0 Å². The fourth-order valence-corrected chi connectivity index (χ4v) is 1.54. The van der Waals surface area contributed by atoms with Crippen molar-refractivity contribution in [1.82, 2.24) is 0 Å². The lowest BCUT2D eigenvalue weighted by Gasteiger charge is -2.09. The molecule has 0 amide bonds. The summed E-state index contributed by atoms with van der Waals surface area (Å²) in [6.45, 7) is 1.85. The number of hydrogen-bond donors (Lipinski definition) is 1. The third-order valence-corrected chi connectivity index (χ3v) is 2.56. The molecule has 0 atom stereocenters. The van der Waals surface area contributed by atoms with E-state index in [9.17, 15) is 4.39 Å². The maximum absolute atomic E-state index is 13.4. The van der Waals surface area contributed by atoms with Gasteiger partial charge in [0.25, 0.3) is 0 Å². The Hall–Kier alpha value is -2.54. The predicted octanol–water partition coefficient (Wildman–Crippen LogP) is 3.38. The highest BCUT2D eigenvalue weighted by Crippen LogP contribution is 2.28. The highest BCUT2D eigenvalue weighted by atomic mass is 19.1. The number of nitrogens with zero attached hydrogens (tertiary/aromatic N) is 1. The zero-order chi connectivity index (χ0) is 13.1. The van der Waals surface area contributed by atoms with Crippen molar-refractivity contribution in [2.45, 2.75) is 6.92 Å². The molecule has 0 fully saturated rings. The number of ether oxygens (including phenoxy) is 1. The SMILES string of the molecule is Cc1cc(Oc2cccc(F)c2C#N)ccc1N. The maximum Gasteiger partial charge on any atom is 0.148 e. The Balaban J connectivity index is 2.37. The zero-order valence-corrected chi connectivity index (χ0v) is 9.77. The first-order valence-corrected chi connectivity index (χ1v) is 5.34. The molecule has 0 heterocycles. The quantitative estimate of drug-likeness (QED) is 0.821. The second-order valence-electron chi connectivity index (χ2n) is 3.85. The molecule has 2 aromatic carbocycles. The van der Waals surface area contributed by atoms with Crippen LogP contribution in [-0.4, -0.2) is 0 Å². The predicted molar refractivity (Wildman–Crippen MR) is 66.8 cm³/mol. The van der Waals surface area contributed by atoms with Crippen LogP contribution in [0.15, 0.2) is 36.4 Å². The van der Waals surface area contributed by atoms with Gasteiger partial charge in [0.1, 0.15) is 28.9 Å². The standard InChI is InChI=1S/C14H11FN2O/c1-9-7-10(5-6-13(9)17)18-14-4-2-3-12(15)11(14)8-16/h2-7H,17H2,1H3. The van der Waals surface area contributed by atoms with Crippen LogP contribution in [0.2, 0.25) is 0 Å². The van der Waals surface area contributed by atoms with Crippen LogP contribution in [0, 0.1) is 24.1 Å². The van der Waals surface area contributed by atoms with Gasteiger partial charge in [0.05, 0.1) is 0 Å². The molecule has 0 radical (unpaired) electrons. The summed E-state index contributed by atoms with van der Waals surface area (Å²) in [5.41, 5.74) is 7.11. The van der Waals surface area contributed by atoms with Crippen molar-refractivity contribution >= 4 is 5.69 Å². The van der Waals surface area contributed by atoms with Crippen LogP contribution < -0.4 is 10.5 Å². The molecule has 2 rings (SSSR count). The number of anilines is 1. The van der Waals surface area contributed by atoms with Crippen molar-refractivity contribution < 1.29 is 9.13 Å². The van der Waals surface area contributed by atoms with E-state index in [1.165, 1.54) is 12.1 Å². The minimum atomic E-state index is -0.595. The molecular formula is C14H11FN2O. The number of nitriles is 1. The number of hydrogen-bond acceptors (Lipinski definition) is 3. The molecule has 0 unspecified atom stereocenters. The molecule has 0 saturated carbocycles. The van der Waals surface area contributed by atoms with Crippen LogP contribution in [0.3, 0.4) is 0 Å². The molecule has 2 aromatic rings. The molecule has 0 saturated heterocycles.